The molecule has 0 saturated heterocycles. The molecule has 0 unspecified atom stereocenters. The summed E-state index contributed by atoms with van der Waals surface area (Å²) in [6, 6.07) is 6.37. The summed E-state index contributed by atoms with van der Waals surface area (Å²) in [4.78, 5) is 14.5. The average Bonchev–Trinajstić information content (AvgIpc) is 2.59. The van der Waals surface area contributed by atoms with Gasteiger partial charge in [-0.3, -0.25) is 4.79 Å². The molecule has 1 aliphatic carbocycles. The van der Waals surface area contributed by atoms with Crippen molar-refractivity contribution >= 4 is 15.9 Å². The van der Waals surface area contributed by atoms with Crippen molar-refractivity contribution < 1.29 is 13.2 Å². The number of carbonyl (C=O) groups is 1. The molecule has 0 radical (unpaired) electrons. The van der Waals surface area contributed by atoms with Crippen LogP contribution in [-0.4, -0.2) is 52.5 Å². The van der Waals surface area contributed by atoms with Gasteiger partial charge in [0.1, 0.15) is 0 Å². The van der Waals surface area contributed by atoms with Crippen LogP contribution < -0.4 is 10.0 Å². The topological polar surface area (TPSA) is 78.5 Å². The van der Waals surface area contributed by atoms with E-state index < -0.39 is 10.0 Å². The molecule has 0 atom stereocenters. The Hall–Kier alpha value is -1.44. The Bertz CT molecular complexity index is 651. The Morgan fingerprint density at radius 1 is 1.12 bits per heavy atom. The van der Waals surface area contributed by atoms with Crippen molar-refractivity contribution in [1.82, 2.24) is 14.9 Å². The molecule has 0 aliphatic heterocycles. The van der Waals surface area contributed by atoms with E-state index in [1.165, 1.54) is 18.6 Å². The van der Waals surface area contributed by atoms with Crippen LogP contribution in [0.3, 0.4) is 0 Å². The van der Waals surface area contributed by atoms with Crippen LogP contribution in [0.1, 0.15) is 48.9 Å². The first kappa shape index (κ1) is 19.9. The van der Waals surface area contributed by atoms with E-state index in [1.54, 1.807) is 12.1 Å². The Balaban J connectivity index is 1.90. The van der Waals surface area contributed by atoms with Gasteiger partial charge in [-0.15, -0.1) is 0 Å². The average molecular weight is 368 g/mol. The van der Waals surface area contributed by atoms with Crippen molar-refractivity contribution in [3.05, 3.63) is 29.8 Å². The molecule has 0 bridgehead atoms. The minimum Gasteiger partial charge on any atom is -0.349 e. The molecule has 1 aliphatic rings. The predicted octanol–water partition coefficient (Wildman–Crippen LogP) is 1.98. The van der Waals surface area contributed by atoms with E-state index in [4.69, 9.17) is 0 Å². The zero-order valence-electron chi connectivity index (χ0n) is 15.1. The smallest absolute Gasteiger partial charge is 0.251 e. The fourth-order valence-electron chi connectivity index (χ4n) is 2.99. The lowest BCUT2D eigenvalue weighted by Gasteiger charge is -2.22. The molecule has 0 heterocycles. The van der Waals surface area contributed by atoms with Crippen LogP contribution in [0, 0.1) is 0 Å². The fourth-order valence-corrected chi connectivity index (χ4v) is 4.06. The van der Waals surface area contributed by atoms with Crippen LogP contribution in [-0.2, 0) is 10.0 Å². The van der Waals surface area contributed by atoms with Crippen LogP contribution in [0.15, 0.2) is 29.2 Å². The van der Waals surface area contributed by atoms with Gasteiger partial charge in [-0.2, -0.15) is 0 Å². The molecule has 1 amide bonds. The third-order valence-corrected chi connectivity index (χ3v) is 5.92. The highest BCUT2D eigenvalue weighted by molar-refractivity contribution is 7.89. The number of hydrogen-bond donors (Lipinski definition) is 2. The summed E-state index contributed by atoms with van der Waals surface area (Å²) in [7, 11) is 0.372. The van der Waals surface area contributed by atoms with E-state index in [2.05, 4.69) is 10.0 Å². The van der Waals surface area contributed by atoms with E-state index in [1.807, 2.05) is 19.0 Å². The quantitative estimate of drug-likeness (QED) is 0.689. The maximum absolute atomic E-state index is 12.3. The fraction of sp³-hybridized carbons (Fsp3) is 0.611. The van der Waals surface area contributed by atoms with Gasteiger partial charge in [0, 0.05) is 18.2 Å². The van der Waals surface area contributed by atoms with Crippen molar-refractivity contribution in [1.29, 1.82) is 0 Å². The van der Waals surface area contributed by atoms with Gasteiger partial charge in [0.25, 0.3) is 5.91 Å². The molecular weight excluding hydrogens is 338 g/mol. The number of sulfonamides is 1. The molecule has 0 aromatic heterocycles. The van der Waals surface area contributed by atoms with Gasteiger partial charge >= 0.3 is 0 Å². The molecule has 1 aromatic rings. The molecule has 7 heteroatoms. The number of carbonyl (C=O) groups excluding carboxylic acids is 1. The van der Waals surface area contributed by atoms with Crippen LogP contribution in [0.5, 0.6) is 0 Å². The van der Waals surface area contributed by atoms with E-state index in [0.717, 1.165) is 38.6 Å². The van der Waals surface area contributed by atoms with Gasteiger partial charge in [0.15, 0.2) is 0 Å². The number of hydrogen-bond acceptors (Lipinski definition) is 4. The molecule has 25 heavy (non-hydrogen) atoms. The van der Waals surface area contributed by atoms with E-state index in [9.17, 15) is 13.2 Å². The largest absolute Gasteiger partial charge is 0.349 e. The Morgan fingerprint density at radius 3 is 2.36 bits per heavy atom. The maximum atomic E-state index is 12.3. The first-order valence-corrected chi connectivity index (χ1v) is 10.4. The molecule has 1 saturated carbocycles. The Morgan fingerprint density at radius 2 is 1.76 bits per heavy atom. The van der Waals surface area contributed by atoms with Crippen LogP contribution in [0.4, 0.5) is 0 Å². The monoisotopic (exact) mass is 367 g/mol. The van der Waals surface area contributed by atoms with Gasteiger partial charge in [0.05, 0.1) is 4.90 Å². The summed E-state index contributed by atoms with van der Waals surface area (Å²) in [6.45, 7) is 1.22. The normalized spacial score (nSPS) is 16.1. The number of rotatable bonds is 8. The highest BCUT2D eigenvalue weighted by Crippen LogP contribution is 2.18. The van der Waals surface area contributed by atoms with Gasteiger partial charge in [-0.25, -0.2) is 13.1 Å². The number of amides is 1. The Labute approximate surface area is 151 Å². The van der Waals surface area contributed by atoms with E-state index >= 15 is 0 Å². The molecule has 2 N–H and O–H groups in total. The number of benzene rings is 1. The second-order valence-electron chi connectivity index (χ2n) is 6.89. The maximum Gasteiger partial charge on any atom is 0.251 e. The summed E-state index contributed by atoms with van der Waals surface area (Å²) in [5, 5.41) is 3.04. The molecule has 1 aromatic carbocycles. The first-order valence-electron chi connectivity index (χ1n) is 8.94. The highest BCUT2D eigenvalue weighted by Gasteiger charge is 2.18. The standard InChI is InChI=1S/C18H29N3O3S/c1-21(2)14-6-13-19-25(23,24)17-11-9-15(10-12-17)18(22)20-16-7-4-3-5-8-16/h9-12,16,19H,3-8,13-14H2,1-2H3,(H,20,22). The lowest BCUT2D eigenvalue weighted by atomic mass is 9.95. The number of nitrogens with zero attached hydrogens (tertiary/aromatic N) is 1. The summed E-state index contributed by atoms with van der Waals surface area (Å²) in [5.74, 6) is -0.130. The number of nitrogens with one attached hydrogen (secondary N) is 2. The van der Waals surface area contributed by atoms with Crippen LogP contribution >= 0.6 is 0 Å². The highest BCUT2D eigenvalue weighted by atomic mass is 32.2. The van der Waals surface area contributed by atoms with Crippen LogP contribution in [0.25, 0.3) is 0 Å². The first-order chi connectivity index (χ1) is 11.9. The molecule has 0 spiro atoms. The minimum atomic E-state index is -3.53. The lowest BCUT2D eigenvalue weighted by Crippen LogP contribution is -2.36. The molecule has 1 fully saturated rings. The van der Waals surface area contributed by atoms with Crippen molar-refractivity contribution in [3.63, 3.8) is 0 Å². The molecular formula is C18H29N3O3S. The van der Waals surface area contributed by atoms with Gasteiger partial charge < -0.3 is 10.2 Å². The predicted molar refractivity (Wildman–Crippen MR) is 99.1 cm³/mol. The second kappa shape index (κ2) is 9.31. The van der Waals surface area contributed by atoms with E-state index in [0.29, 0.717) is 12.1 Å². The Kier molecular flexibility index (Phi) is 7.40. The molecule has 140 valence electrons. The summed E-state index contributed by atoms with van der Waals surface area (Å²) in [6.07, 6.45) is 6.34. The summed E-state index contributed by atoms with van der Waals surface area (Å²) < 4.78 is 27.1. The minimum absolute atomic E-state index is 0.130. The molecule has 2 rings (SSSR count). The van der Waals surface area contributed by atoms with Crippen molar-refractivity contribution in [2.45, 2.75) is 49.5 Å². The van der Waals surface area contributed by atoms with Gasteiger partial charge in [-0.05, 0) is 64.2 Å². The zero-order valence-corrected chi connectivity index (χ0v) is 15.9. The molecule has 6 nitrogen and oxygen atoms in total. The lowest BCUT2D eigenvalue weighted by molar-refractivity contribution is 0.0927. The van der Waals surface area contributed by atoms with Gasteiger partial charge in [0.2, 0.25) is 10.0 Å². The summed E-state index contributed by atoms with van der Waals surface area (Å²) >= 11 is 0. The van der Waals surface area contributed by atoms with Crippen molar-refractivity contribution in [2.24, 2.45) is 0 Å². The van der Waals surface area contributed by atoms with Gasteiger partial charge in [-0.1, -0.05) is 19.3 Å². The third kappa shape index (κ3) is 6.41. The van der Waals surface area contributed by atoms with Crippen molar-refractivity contribution in [3.8, 4) is 0 Å². The summed E-state index contributed by atoms with van der Waals surface area (Å²) in [5.41, 5.74) is 0.497. The third-order valence-electron chi connectivity index (χ3n) is 4.44. The SMILES string of the molecule is CN(C)CCCNS(=O)(=O)c1ccc(C(=O)NC2CCCCC2)cc1. The van der Waals surface area contributed by atoms with Crippen LogP contribution in [0.2, 0.25) is 0 Å². The zero-order chi connectivity index (χ0) is 18.3. The van der Waals surface area contributed by atoms with E-state index in [-0.39, 0.29) is 16.8 Å². The second-order valence-corrected chi connectivity index (χ2v) is 8.65. The van der Waals surface area contributed by atoms with Crippen molar-refractivity contribution in [2.75, 3.05) is 27.2 Å².